The Labute approximate surface area is 146 Å². The first-order valence-electron chi connectivity index (χ1n) is 8.96. The van der Waals surface area contributed by atoms with Gasteiger partial charge in [-0.25, -0.2) is 4.79 Å². The largest absolute Gasteiger partial charge is 0.444 e. The summed E-state index contributed by atoms with van der Waals surface area (Å²) in [5, 5.41) is 13.5. The number of nitrogens with one attached hydrogen (secondary N) is 1. The Morgan fingerprint density at radius 1 is 1.26 bits per heavy atom. The Bertz CT molecular complexity index is 355. The highest BCUT2D eigenvalue weighted by Gasteiger charge is 2.29. The number of aliphatic hydroxyl groups excluding tert-OH is 1. The quantitative estimate of drug-likeness (QED) is 0.720. The fourth-order valence-corrected chi connectivity index (χ4v) is 4.17. The predicted molar refractivity (Wildman–Crippen MR) is 98.0 cm³/mol. The summed E-state index contributed by atoms with van der Waals surface area (Å²) in [6.45, 7) is 10.0. The molecule has 1 aliphatic carbocycles. The molecule has 1 aliphatic rings. The molecule has 3 unspecified atom stereocenters. The van der Waals surface area contributed by atoms with Crippen LogP contribution >= 0.6 is 11.8 Å². The number of ether oxygens (including phenoxy) is 1. The van der Waals surface area contributed by atoms with Gasteiger partial charge in [0.1, 0.15) is 5.60 Å². The van der Waals surface area contributed by atoms with E-state index in [1.54, 1.807) is 11.8 Å². The Morgan fingerprint density at radius 3 is 2.52 bits per heavy atom. The van der Waals surface area contributed by atoms with Gasteiger partial charge in [-0.05, 0) is 52.4 Å². The van der Waals surface area contributed by atoms with Crippen LogP contribution in [0.2, 0.25) is 0 Å². The van der Waals surface area contributed by atoms with E-state index in [1.165, 1.54) is 6.42 Å². The Balaban J connectivity index is 2.40. The van der Waals surface area contributed by atoms with Gasteiger partial charge in [0.25, 0.3) is 0 Å². The molecular formula is C18H35NO3S. The predicted octanol–water partition coefficient (Wildman–Crippen LogP) is 4.35. The van der Waals surface area contributed by atoms with Gasteiger partial charge in [0.15, 0.2) is 0 Å². The molecule has 0 aliphatic heterocycles. The average molecular weight is 346 g/mol. The molecular weight excluding hydrogens is 310 g/mol. The van der Waals surface area contributed by atoms with E-state index in [0.717, 1.165) is 37.9 Å². The molecule has 136 valence electrons. The second-order valence-corrected chi connectivity index (χ2v) is 9.31. The van der Waals surface area contributed by atoms with Crippen LogP contribution in [0.4, 0.5) is 4.79 Å². The fourth-order valence-electron chi connectivity index (χ4n) is 2.76. The number of alkyl carbamates (subject to hydrolysis) is 1. The number of aliphatic hydroxyl groups is 1. The summed E-state index contributed by atoms with van der Waals surface area (Å²) >= 11 is 1.80. The first kappa shape index (κ1) is 20.6. The maximum absolute atomic E-state index is 12.0. The lowest BCUT2D eigenvalue weighted by molar-refractivity contribution is 0.0495. The van der Waals surface area contributed by atoms with Gasteiger partial charge in [0.2, 0.25) is 0 Å². The molecule has 0 heterocycles. The van der Waals surface area contributed by atoms with Gasteiger partial charge >= 0.3 is 6.09 Å². The maximum atomic E-state index is 12.0. The third kappa shape index (κ3) is 9.46. The smallest absolute Gasteiger partial charge is 0.407 e. The van der Waals surface area contributed by atoms with Crippen molar-refractivity contribution in [3.63, 3.8) is 0 Å². The second-order valence-electron chi connectivity index (χ2n) is 8.03. The van der Waals surface area contributed by atoms with E-state index in [9.17, 15) is 9.90 Å². The standard InChI is InChI=1S/C18H35NO3S/c1-13(2)10-11-14(20)12-23-16-9-7-6-8-15(16)19-17(21)22-18(3,4)5/h13-16,20H,6-12H2,1-5H3,(H,19,21). The van der Waals surface area contributed by atoms with Crippen molar-refractivity contribution < 1.29 is 14.6 Å². The molecule has 1 amide bonds. The van der Waals surface area contributed by atoms with E-state index in [4.69, 9.17) is 4.74 Å². The van der Waals surface area contributed by atoms with Gasteiger partial charge in [-0.15, -0.1) is 0 Å². The number of thioether (sulfide) groups is 1. The van der Waals surface area contributed by atoms with Crippen LogP contribution < -0.4 is 5.32 Å². The van der Waals surface area contributed by atoms with Crippen molar-refractivity contribution in [2.75, 3.05) is 5.75 Å². The highest BCUT2D eigenvalue weighted by Crippen LogP contribution is 2.30. The molecule has 0 saturated heterocycles. The van der Waals surface area contributed by atoms with E-state index >= 15 is 0 Å². The summed E-state index contributed by atoms with van der Waals surface area (Å²) in [6, 6.07) is 0.154. The van der Waals surface area contributed by atoms with Gasteiger partial charge < -0.3 is 15.2 Å². The van der Waals surface area contributed by atoms with E-state index in [0.29, 0.717) is 11.2 Å². The molecule has 0 aromatic heterocycles. The van der Waals surface area contributed by atoms with Crippen LogP contribution in [-0.2, 0) is 4.74 Å². The van der Waals surface area contributed by atoms with Gasteiger partial charge in [-0.3, -0.25) is 0 Å². The van der Waals surface area contributed by atoms with Crippen LogP contribution in [-0.4, -0.2) is 39.9 Å². The van der Waals surface area contributed by atoms with Crippen molar-refractivity contribution in [2.45, 2.75) is 96.1 Å². The number of amides is 1. The van der Waals surface area contributed by atoms with Gasteiger partial charge in [-0.1, -0.05) is 26.7 Å². The highest BCUT2D eigenvalue weighted by atomic mass is 32.2. The van der Waals surface area contributed by atoms with Crippen LogP contribution in [0.3, 0.4) is 0 Å². The topological polar surface area (TPSA) is 58.6 Å². The Kier molecular flexibility index (Phi) is 8.76. The molecule has 0 radical (unpaired) electrons. The lowest BCUT2D eigenvalue weighted by Gasteiger charge is -2.33. The zero-order chi connectivity index (χ0) is 17.5. The number of carbonyl (C=O) groups is 1. The van der Waals surface area contributed by atoms with Crippen molar-refractivity contribution in [3.05, 3.63) is 0 Å². The zero-order valence-electron chi connectivity index (χ0n) is 15.4. The van der Waals surface area contributed by atoms with Crippen molar-refractivity contribution >= 4 is 17.9 Å². The van der Waals surface area contributed by atoms with Crippen LogP contribution in [0.5, 0.6) is 0 Å². The van der Waals surface area contributed by atoms with Crippen LogP contribution in [0.1, 0.15) is 73.1 Å². The third-order valence-corrected chi connectivity index (χ3v) is 5.55. The molecule has 0 aromatic carbocycles. The van der Waals surface area contributed by atoms with Crippen LogP contribution in [0.25, 0.3) is 0 Å². The molecule has 0 spiro atoms. The molecule has 1 rings (SSSR count). The summed E-state index contributed by atoms with van der Waals surface area (Å²) in [6.07, 6.45) is 5.80. The minimum Gasteiger partial charge on any atom is -0.444 e. The van der Waals surface area contributed by atoms with E-state index in [-0.39, 0.29) is 18.2 Å². The van der Waals surface area contributed by atoms with E-state index in [1.807, 2.05) is 20.8 Å². The Hall–Kier alpha value is -0.420. The minimum absolute atomic E-state index is 0.154. The van der Waals surface area contributed by atoms with Crippen LogP contribution in [0.15, 0.2) is 0 Å². The van der Waals surface area contributed by atoms with Gasteiger partial charge in [-0.2, -0.15) is 11.8 Å². The van der Waals surface area contributed by atoms with Crippen LogP contribution in [0, 0.1) is 5.92 Å². The van der Waals surface area contributed by atoms with E-state index < -0.39 is 5.60 Å². The van der Waals surface area contributed by atoms with Crippen molar-refractivity contribution in [3.8, 4) is 0 Å². The molecule has 0 bridgehead atoms. The lowest BCUT2D eigenvalue weighted by Crippen LogP contribution is -2.46. The molecule has 5 heteroatoms. The average Bonchev–Trinajstić information content (AvgIpc) is 2.42. The zero-order valence-corrected chi connectivity index (χ0v) is 16.2. The van der Waals surface area contributed by atoms with Crippen molar-refractivity contribution in [1.29, 1.82) is 0 Å². The second kappa shape index (κ2) is 9.77. The fraction of sp³-hybridized carbons (Fsp3) is 0.944. The normalized spacial score (nSPS) is 23.6. The lowest BCUT2D eigenvalue weighted by atomic mass is 9.95. The van der Waals surface area contributed by atoms with E-state index in [2.05, 4.69) is 19.2 Å². The SMILES string of the molecule is CC(C)CCC(O)CSC1CCCCC1NC(=O)OC(C)(C)C. The molecule has 1 saturated carbocycles. The minimum atomic E-state index is -0.464. The summed E-state index contributed by atoms with van der Waals surface area (Å²) in [5.74, 6) is 1.38. The summed E-state index contributed by atoms with van der Waals surface area (Å²) in [4.78, 5) is 12.0. The molecule has 0 aromatic rings. The third-order valence-electron chi connectivity index (χ3n) is 3.98. The Morgan fingerprint density at radius 2 is 1.91 bits per heavy atom. The molecule has 4 nitrogen and oxygen atoms in total. The maximum Gasteiger partial charge on any atom is 0.407 e. The van der Waals surface area contributed by atoms with Gasteiger partial charge in [0.05, 0.1) is 6.10 Å². The first-order valence-corrected chi connectivity index (χ1v) is 10.0. The molecule has 23 heavy (non-hydrogen) atoms. The molecule has 2 N–H and O–H groups in total. The van der Waals surface area contributed by atoms with Gasteiger partial charge in [0, 0.05) is 17.0 Å². The summed E-state index contributed by atoms with van der Waals surface area (Å²) < 4.78 is 5.37. The summed E-state index contributed by atoms with van der Waals surface area (Å²) in [7, 11) is 0. The summed E-state index contributed by atoms with van der Waals surface area (Å²) in [5.41, 5.74) is -0.464. The number of hydrogen-bond acceptors (Lipinski definition) is 4. The molecule has 3 atom stereocenters. The first-order chi connectivity index (χ1) is 10.7. The highest BCUT2D eigenvalue weighted by molar-refractivity contribution is 8.00. The number of carbonyl (C=O) groups excluding carboxylic acids is 1. The number of rotatable bonds is 7. The monoisotopic (exact) mass is 345 g/mol. The molecule has 1 fully saturated rings. The van der Waals surface area contributed by atoms with Crippen molar-refractivity contribution in [2.24, 2.45) is 5.92 Å². The van der Waals surface area contributed by atoms with Crippen molar-refractivity contribution in [1.82, 2.24) is 5.32 Å². The number of hydrogen-bond donors (Lipinski definition) is 2.